The quantitative estimate of drug-likeness (QED) is 0.846. The largest absolute Gasteiger partial charge is 0.334 e. The van der Waals surface area contributed by atoms with E-state index in [1.165, 1.54) is 6.07 Å². The average molecular weight is 356 g/mol. The molecule has 1 aromatic carbocycles. The van der Waals surface area contributed by atoms with Gasteiger partial charge in [0.25, 0.3) is 0 Å². The molecule has 0 N–H and O–H groups in total. The van der Waals surface area contributed by atoms with Crippen molar-refractivity contribution in [2.24, 2.45) is 5.92 Å². The van der Waals surface area contributed by atoms with E-state index in [1.807, 2.05) is 4.90 Å². The summed E-state index contributed by atoms with van der Waals surface area (Å²) >= 11 is 0. The Morgan fingerprint density at radius 1 is 1.23 bits per heavy atom. The average Bonchev–Trinajstić information content (AvgIpc) is 3.09. The van der Waals surface area contributed by atoms with Crippen LogP contribution in [0.5, 0.6) is 0 Å². The highest BCUT2D eigenvalue weighted by atomic mass is 19.1. The molecule has 2 aliphatic rings. The molecule has 0 saturated carbocycles. The van der Waals surface area contributed by atoms with Gasteiger partial charge in [0.05, 0.1) is 12.5 Å². The van der Waals surface area contributed by atoms with Crippen molar-refractivity contribution in [3.05, 3.63) is 47.3 Å². The Labute approximate surface area is 153 Å². The lowest BCUT2D eigenvalue weighted by Crippen LogP contribution is -2.43. The lowest BCUT2D eigenvalue weighted by Gasteiger charge is -2.28. The van der Waals surface area contributed by atoms with Gasteiger partial charge in [-0.05, 0) is 30.4 Å². The molecule has 3 heterocycles. The van der Waals surface area contributed by atoms with E-state index in [4.69, 9.17) is 0 Å². The molecule has 4 rings (SSSR count). The number of carbonyl (C=O) groups is 1. The van der Waals surface area contributed by atoms with Gasteiger partial charge in [0.1, 0.15) is 17.5 Å². The maximum atomic E-state index is 14.0. The maximum Gasteiger partial charge on any atom is 0.227 e. The first-order valence-electron chi connectivity index (χ1n) is 9.48. The molecule has 0 unspecified atom stereocenters. The topological polar surface area (TPSA) is 51.0 Å². The molecule has 0 spiro atoms. The minimum atomic E-state index is -0.306. The van der Waals surface area contributed by atoms with Crippen molar-refractivity contribution < 1.29 is 9.18 Å². The number of halogens is 1. The summed E-state index contributed by atoms with van der Waals surface area (Å²) in [4.78, 5) is 15.0. The number of hydrogen-bond donors (Lipinski definition) is 0. The predicted octanol–water partition coefficient (Wildman–Crippen LogP) is 2.77. The number of fused-ring (bicyclic) bond motifs is 3. The second-order valence-corrected chi connectivity index (χ2v) is 7.90. The fraction of sp³-hybridized carbons (Fsp3) is 0.550. The summed E-state index contributed by atoms with van der Waals surface area (Å²) in [7, 11) is 0. The van der Waals surface area contributed by atoms with Crippen LogP contribution >= 0.6 is 0 Å². The first-order valence-corrected chi connectivity index (χ1v) is 9.48. The van der Waals surface area contributed by atoms with Crippen LogP contribution in [-0.4, -0.2) is 37.7 Å². The number of hydrogen-bond acceptors (Lipinski definition) is 3. The second-order valence-electron chi connectivity index (χ2n) is 7.90. The molecule has 26 heavy (non-hydrogen) atoms. The molecule has 2 aromatic rings. The minimum absolute atomic E-state index is 0.0201. The summed E-state index contributed by atoms with van der Waals surface area (Å²) in [6, 6.07) is 6.85. The molecule has 0 aliphatic carbocycles. The van der Waals surface area contributed by atoms with Crippen molar-refractivity contribution in [2.45, 2.75) is 64.6 Å². The van der Waals surface area contributed by atoms with Crippen molar-refractivity contribution >= 4 is 5.91 Å². The van der Waals surface area contributed by atoms with Crippen LogP contribution in [0.15, 0.2) is 24.3 Å². The predicted molar refractivity (Wildman–Crippen MR) is 96.0 cm³/mol. The van der Waals surface area contributed by atoms with Crippen LogP contribution in [0.4, 0.5) is 4.39 Å². The summed E-state index contributed by atoms with van der Waals surface area (Å²) in [5, 5.41) is 8.78. The van der Waals surface area contributed by atoms with Crippen molar-refractivity contribution in [3.63, 3.8) is 0 Å². The smallest absolute Gasteiger partial charge is 0.227 e. The van der Waals surface area contributed by atoms with Gasteiger partial charge in [-0.3, -0.25) is 4.79 Å². The molecule has 1 amide bonds. The molecular formula is C20H25FN4O. The van der Waals surface area contributed by atoms with Gasteiger partial charge < -0.3 is 9.47 Å². The summed E-state index contributed by atoms with van der Waals surface area (Å²) in [5.41, 5.74) is 0.473. The monoisotopic (exact) mass is 356 g/mol. The van der Waals surface area contributed by atoms with Gasteiger partial charge >= 0.3 is 0 Å². The molecule has 2 bridgehead atoms. The number of aromatic nitrogens is 3. The normalized spacial score (nSPS) is 21.8. The van der Waals surface area contributed by atoms with E-state index >= 15 is 0 Å². The Hall–Kier alpha value is -2.24. The van der Waals surface area contributed by atoms with Crippen LogP contribution in [0.3, 0.4) is 0 Å². The molecule has 138 valence electrons. The number of carbonyl (C=O) groups excluding carboxylic acids is 1. The SMILES string of the molecule is CC(C)Cc1nnc2n1C[C@H]1CC[C@@H](C2)N1C(=O)Cc1ccccc1F. The Bertz CT molecular complexity index is 816. The van der Waals surface area contributed by atoms with Gasteiger partial charge in [-0.2, -0.15) is 0 Å². The summed E-state index contributed by atoms with van der Waals surface area (Å²) in [6.07, 6.45) is 3.74. The number of nitrogens with zero attached hydrogens (tertiary/aromatic N) is 4. The van der Waals surface area contributed by atoms with Crippen molar-refractivity contribution in [3.8, 4) is 0 Å². The highest BCUT2D eigenvalue weighted by Gasteiger charge is 2.41. The van der Waals surface area contributed by atoms with Crippen LogP contribution in [0.1, 0.15) is 43.9 Å². The second kappa shape index (κ2) is 6.82. The first-order chi connectivity index (χ1) is 12.5. The Kier molecular flexibility index (Phi) is 4.51. The molecule has 2 aliphatic heterocycles. The molecule has 2 atom stereocenters. The lowest BCUT2D eigenvalue weighted by molar-refractivity contribution is -0.133. The molecule has 0 radical (unpaired) electrons. The number of rotatable bonds is 4. The van der Waals surface area contributed by atoms with Gasteiger partial charge in [0.2, 0.25) is 5.91 Å². The van der Waals surface area contributed by atoms with Crippen LogP contribution in [0, 0.1) is 11.7 Å². The van der Waals surface area contributed by atoms with E-state index in [-0.39, 0.29) is 30.2 Å². The third-order valence-corrected chi connectivity index (χ3v) is 5.51. The van der Waals surface area contributed by atoms with Gasteiger partial charge in [0.15, 0.2) is 0 Å². The van der Waals surface area contributed by atoms with Gasteiger partial charge in [0, 0.05) is 25.4 Å². The van der Waals surface area contributed by atoms with Crippen molar-refractivity contribution in [1.82, 2.24) is 19.7 Å². The summed E-state index contributed by atoms with van der Waals surface area (Å²) in [5.74, 6) is 2.23. The Morgan fingerprint density at radius 3 is 2.77 bits per heavy atom. The first kappa shape index (κ1) is 17.2. The van der Waals surface area contributed by atoms with Crippen LogP contribution < -0.4 is 0 Å². The van der Waals surface area contributed by atoms with Crippen LogP contribution in [0.2, 0.25) is 0 Å². The molecule has 1 aromatic heterocycles. The maximum absolute atomic E-state index is 14.0. The van der Waals surface area contributed by atoms with E-state index in [0.29, 0.717) is 11.5 Å². The van der Waals surface area contributed by atoms with Crippen molar-refractivity contribution in [1.29, 1.82) is 0 Å². The third-order valence-electron chi connectivity index (χ3n) is 5.51. The molecular weight excluding hydrogens is 331 g/mol. The highest BCUT2D eigenvalue weighted by Crippen LogP contribution is 2.32. The number of benzene rings is 1. The van der Waals surface area contributed by atoms with Gasteiger partial charge in [-0.1, -0.05) is 32.0 Å². The zero-order chi connectivity index (χ0) is 18.3. The zero-order valence-corrected chi connectivity index (χ0v) is 15.4. The van der Waals surface area contributed by atoms with Crippen LogP contribution in [-0.2, 0) is 30.6 Å². The van der Waals surface area contributed by atoms with E-state index in [2.05, 4.69) is 28.6 Å². The molecule has 5 nitrogen and oxygen atoms in total. The van der Waals surface area contributed by atoms with E-state index in [0.717, 1.165) is 43.9 Å². The van der Waals surface area contributed by atoms with E-state index < -0.39 is 0 Å². The Balaban J connectivity index is 1.56. The van der Waals surface area contributed by atoms with Crippen molar-refractivity contribution in [2.75, 3.05) is 0 Å². The Morgan fingerprint density at radius 2 is 2.00 bits per heavy atom. The van der Waals surface area contributed by atoms with Gasteiger partial charge in [-0.15, -0.1) is 10.2 Å². The number of amides is 1. The molecule has 1 saturated heterocycles. The molecule has 6 heteroatoms. The lowest BCUT2D eigenvalue weighted by atomic mass is 10.1. The standard InChI is InChI=1S/C20H25FN4O/c1-13(2)9-18-22-23-19-11-15-7-8-16(12-24(18)19)25(15)20(26)10-14-5-3-4-6-17(14)21/h3-6,13,15-16H,7-12H2,1-2H3/t15-,16+/m0/s1. The third kappa shape index (κ3) is 3.13. The fourth-order valence-electron chi connectivity index (χ4n) is 4.32. The van der Waals surface area contributed by atoms with Crippen LogP contribution in [0.25, 0.3) is 0 Å². The fourth-order valence-corrected chi connectivity index (χ4v) is 4.32. The van der Waals surface area contributed by atoms with Gasteiger partial charge in [-0.25, -0.2) is 4.39 Å². The molecule has 1 fully saturated rings. The van der Waals surface area contributed by atoms with E-state index in [9.17, 15) is 9.18 Å². The summed E-state index contributed by atoms with van der Waals surface area (Å²) < 4.78 is 16.2. The van der Waals surface area contributed by atoms with E-state index in [1.54, 1.807) is 18.2 Å². The minimum Gasteiger partial charge on any atom is -0.334 e. The zero-order valence-electron chi connectivity index (χ0n) is 15.4. The summed E-state index contributed by atoms with van der Waals surface area (Å²) in [6.45, 7) is 5.10. The highest BCUT2D eigenvalue weighted by molar-refractivity contribution is 5.80.